The summed E-state index contributed by atoms with van der Waals surface area (Å²) in [5.74, 6) is 1.24. The van der Waals surface area contributed by atoms with E-state index in [2.05, 4.69) is 20.7 Å². The lowest BCUT2D eigenvalue weighted by Gasteiger charge is -2.14. The topological polar surface area (TPSA) is 117 Å². The molecule has 0 aliphatic heterocycles. The van der Waals surface area contributed by atoms with Gasteiger partial charge in [-0.05, 0) is 55.3 Å². The van der Waals surface area contributed by atoms with Gasteiger partial charge in [0.15, 0.2) is 11.5 Å². The predicted octanol–water partition coefficient (Wildman–Crippen LogP) is 3.07. The van der Waals surface area contributed by atoms with Crippen LogP contribution in [0.15, 0.2) is 49.1 Å². The SMILES string of the molecule is COc1cc(CCC(=O)Nc2ccc(NC(=O)C(C)n3cncn3)cc2)cc(OC)c1OC. The third-order valence-corrected chi connectivity index (χ3v) is 5.01. The number of rotatable bonds is 10. The summed E-state index contributed by atoms with van der Waals surface area (Å²) in [5.41, 5.74) is 2.13. The van der Waals surface area contributed by atoms with Crippen molar-refractivity contribution in [3.8, 4) is 17.2 Å². The van der Waals surface area contributed by atoms with Crippen LogP contribution in [-0.2, 0) is 16.0 Å². The molecule has 0 saturated heterocycles. The zero-order valence-electron chi connectivity index (χ0n) is 19.0. The molecule has 0 radical (unpaired) electrons. The van der Waals surface area contributed by atoms with Crippen molar-refractivity contribution in [2.45, 2.75) is 25.8 Å². The number of nitrogens with zero attached hydrogens (tertiary/aromatic N) is 3. The molecule has 2 amide bonds. The van der Waals surface area contributed by atoms with Gasteiger partial charge in [-0.15, -0.1) is 0 Å². The van der Waals surface area contributed by atoms with Gasteiger partial charge in [0, 0.05) is 17.8 Å². The second kappa shape index (κ2) is 11.0. The maximum atomic E-state index is 12.4. The monoisotopic (exact) mass is 453 g/mol. The zero-order chi connectivity index (χ0) is 23.8. The van der Waals surface area contributed by atoms with Crippen molar-refractivity contribution in [3.63, 3.8) is 0 Å². The first-order chi connectivity index (χ1) is 15.9. The average Bonchev–Trinajstić information content (AvgIpc) is 3.37. The van der Waals surface area contributed by atoms with E-state index in [1.165, 1.54) is 17.3 Å². The van der Waals surface area contributed by atoms with Gasteiger partial charge in [-0.25, -0.2) is 9.67 Å². The van der Waals surface area contributed by atoms with Crippen molar-refractivity contribution in [2.75, 3.05) is 32.0 Å². The highest BCUT2D eigenvalue weighted by Crippen LogP contribution is 2.38. The lowest BCUT2D eigenvalue weighted by Crippen LogP contribution is -2.24. The minimum Gasteiger partial charge on any atom is -0.493 e. The number of anilines is 2. The largest absolute Gasteiger partial charge is 0.493 e. The standard InChI is InChI=1S/C23H27N5O5/c1-15(28-14-24-13-25-28)23(30)27-18-8-6-17(7-9-18)26-21(29)10-5-16-11-19(31-2)22(33-4)20(12-16)32-3/h6-9,11-15H,5,10H2,1-4H3,(H,26,29)(H,27,30). The predicted molar refractivity (Wildman–Crippen MR) is 123 cm³/mol. The van der Waals surface area contributed by atoms with E-state index in [4.69, 9.17) is 14.2 Å². The molecule has 0 aliphatic rings. The fourth-order valence-electron chi connectivity index (χ4n) is 3.18. The van der Waals surface area contributed by atoms with Crippen LogP contribution in [0.1, 0.15) is 24.9 Å². The first-order valence-electron chi connectivity index (χ1n) is 10.3. The lowest BCUT2D eigenvalue weighted by molar-refractivity contribution is -0.119. The van der Waals surface area contributed by atoms with E-state index in [-0.39, 0.29) is 18.2 Å². The molecular formula is C23H27N5O5. The van der Waals surface area contributed by atoms with Gasteiger partial charge in [-0.1, -0.05) is 0 Å². The number of carbonyl (C=O) groups is 2. The summed E-state index contributed by atoms with van der Waals surface area (Å²) >= 11 is 0. The van der Waals surface area contributed by atoms with E-state index in [0.717, 1.165) is 5.56 Å². The van der Waals surface area contributed by atoms with Crippen molar-refractivity contribution < 1.29 is 23.8 Å². The molecule has 0 spiro atoms. The summed E-state index contributed by atoms with van der Waals surface area (Å²) < 4.78 is 17.5. The number of benzene rings is 2. The van der Waals surface area contributed by atoms with Crippen LogP contribution < -0.4 is 24.8 Å². The van der Waals surface area contributed by atoms with E-state index in [0.29, 0.717) is 35.0 Å². The highest BCUT2D eigenvalue weighted by molar-refractivity contribution is 5.94. The number of nitrogens with one attached hydrogen (secondary N) is 2. The normalized spacial score (nSPS) is 11.4. The van der Waals surface area contributed by atoms with E-state index in [9.17, 15) is 9.59 Å². The van der Waals surface area contributed by atoms with Crippen LogP contribution in [-0.4, -0.2) is 47.9 Å². The smallest absolute Gasteiger partial charge is 0.249 e. The first kappa shape index (κ1) is 23.6. The maximum Gasteiger partial charge on any atom is 0.249 e. The van der Waals surface area contributed by atoms with Gasteiger partial charge < -0.3 is 24.8 Å². The van der Waals surface area contributed by atoms with Crippen LogP contribution in [0.2, 0.25) is 0 Å². The molecule has 10 nitrogen and oxygen atoms in total. The molecule has 1 heterocycles. The second-order valence-electron chi connectivity index (χ2n) is 7.20. The van der Waals surface area contributed by atoms with Gasteiger partial charge in [-0.2, -0.15) is 5.10 Å². The molecule has 1 atom stereocenters. The van der Waals surface area contributed by atoms with Crippen molar-refractivity contribution in [2.24, 2.45) is 0 Å². The summed E-state index contributed by atoms with van der Waals surface area (Å²) in [6.07, 6.45) is 3.63. The van der Waals surface area contributed by atoms with Crippen LogP contribution in [0.25, 0.3) is 0 Å². The molecule has 174 valence electrons. The number of methoxy groups -OCH3 is 3. The molecule has 0 bridgehead atoms. The summed E-state index contributed by atoms with van der Waals surface area (Å²) in [4.78, 5) is 28.6. The number of amides is 2. The Labute approximate surface area is 191 Å². The van der Waals surface area contributed by atoms with Crippen LogP contribution in [0.3, 0.4) is 0 Å². The van der Waals surface area contributed by atoms with Crippen LogP contribution >= 0.6 is 0 Å². The highest BCUT2D eigenvalue weighted by atomic mass is 16.5. The molecule has 33 heavy (non-hydrogen) atoms. The summed E-state index contributed by atoms with van der Waals surface area (Å²) in [7, 11) is 4.64. The number of hydrogen-bond donors (Lipinski definition) is 2. The van der Waals surface area contributed by atoms with E-state index < -0.39 is 6.04 Å². The number of hydrogen-bond acceptors (Lipinski definition) is 7. The van der Waals surface area contributed by atoms with Crippen molar-refractivity contribution in [1.82, 2.24) is 14.8 Å². The minimum atomic E-state index is -0.498. The molecule has 0 aliphatic carbocycles. The molecular weight excluding hydrogens is 426 g/mol. The molecule has 0 fully saturated rings. The molecule has 2 aromatic carbocycles. The molecule has 0 saturated carbocycles. The Kier molecular flexibility index (Phi) is 7.85. The fourth-order valence-corrected chi connectivity index (χ4v) is 3.18. The molecule has 3 aromatic rings. The molecule has 2 N–H and O–H groups in total. The van der Waals surface area contributed by atoms with E-state index in [1.54, 1.807) is 52.5 Å². The van der Waals surface area contributed by atoms with Crippen LogP contribution in [0.5, 0.6) is 17.2 Å². The number of aryl methyl sites for hydroxylation is 1. The molecule has 10 heteroatoms. The number of carbonyl (C=O) groups excluding carboxylic acids is 2. The van der Waals surface area contributed by atoms with Gasteiger partial charge in [0.25, 0.3) is 0 Å². The molecule has 1 aromatic heterocycles. The van der Waals surface area contributed by atoms with Crippen molar-refractivity contribution in [3.05, 3.63) is 54.6 Å². The van der Waals surface area contributed by atoms with Crippen LogP contribution in [0, 0.1) is 0 Å². The Morgan fingerprint density at radius 3 is 2.09 bits per heavy atom. The number of aromatic nitrogens is 3. The molecule has 3 rings (SSSR count). The summed E-state index contributed by atoms with van der Waals surface area (Å²) in [5, 5.41) is 9.64. The average molecular weight is 453 g/mol. The third kappa shape index (κ3) is 6.00. The van der Waals surface area contributed by atoms with Gasteiger partial charge >= 0.3 is 0 Å². The van der Waals surface area contributed by atoms with E-state index >= 15 is 0 Å². The fraction of sp³-hybridized carbons (Fsp3) is 0.304. The second-order valence-corrected chi connectivity index (χ2v) is 7.20. The van der Waals surface area contributed by atoms with Crippen molar-refractivity contribution >= 4 is 23.2 Å². The van der Waals surface area contributed by atoms with Crippen LogP contribution in [0.4, 0.5) is 11.4 Å². The third-order valence-electron chi connectivity index (χ3n) is 5.01. The lowest BCUT2D eigenvalue weighted by atomic mass is 10.1. The Bertz CT molecular complexity index is 1060. The zero-order valence-corrected chi connectivity index (χ0v) is 19.0. The van der Waals surface area contributed by atoms with E-state index in [1.807, 2.05) is 12.1 Å². The summed E-state index contributed by atoms with van der Waals surface area (Å²) in [6, 6.07) is 10.1. The van der Waals surface area contributed by atoms with Gasteiger partial charge in [0.1, 0.15) is 18.7 Å². The Balaban J connectivity index is 1.54. The quantitative estimate of drug-likeness (QED) is 0.484. The van der Waals surface area contributed by atoms with Crippen molar-refractivity contribution in [1.29, 1.82) is 0 Å². The first-order valence-corrected chi connectivity index (χ1v) is 10.3. The summed E-state index contributed by atoms with van der Waals surface area (Å²) in [6.45, 7) is 1.73. The van der Waals surface area contributed by atoms with Gasteiger partial charge in [0.05, 0.1) is 21.3 Å². The van der Waals surface area contributed by atoms with Gasteiger partial charge in [-0.3, -0.25) is 9.59 Å². The minimum absolute atomic E-state index is 0.139. The Hall–Kier alpha value is -4.08. The van der Waals surface area contributed by atoms with Gasteiger partial charge in [0.2, 0.25) is 17.6 Å². The number of ether oxygens (including phenoxy) is 3. The Morgan fingerprint density at radius 1 is 0.970 bits per heavy atom. The molecule has 1 unspecified atom stereocenters. The maximum absolute atomic E-state index is 12.4. The highest BCUT2D eigenvalue weighted by Gasteiger charge is 2.16. The Morgan fingerprint density at radius 2 is 1.58 bits per heavy atom.